The number of non-ortho nitro benzene ring substituents is 1. The molecule has 0 bridgehead atoms. The van der Waals surface area contributed by atoms with E-state index in [4.69, 9.17) is 5.73 Å². The lowest BCUT2D eigenvalue weighted by Gasteiger charge is -1.95. The van der Waals surface area contributed by atoms with Crippen LogP contribution in [0.5, 0.6) is 0 Å². The molecular formula is C8H8BrN5O2. The van der Waals surface area contributed by atoms with Crippen LogP contribution in [0.25, 0.3) is 0 Å². The van der Waals surface area contributed by atoms with Crippen molar-refractivity contribution in [2.75, 3.05) is 0 Å². The summed E-state index contributed by atoms with van der Waals surface area (Å²) in [7, 11) is 0. The molecule has 0 heterocycles. The van der Waals surface area contributed by atoms with Gasteiger partial charge in [0.15, 0.2) is 0 Å². The van der Waals surface area contributed by atoms with E-state index < -0.39 is 4.92 Å². The number of halogens is 1. The zero-order chi connectivity index (χ0) is 12.0. The first-order valence-corrected chi connectivity index (χ1v) is 4.82. The predicted octanol–water partition coefficient (Wildman–Crippen LogP) is 1.14. The highest BCUT2D eigenvalue weighted by Crippen LogP contribution is 2.10. The molecular weight excluding hydrogens is 278 g/mol. The van der Waals surface area contributed by atoms with Gasteiger partial charge in [0.05, 0.1) is 27.3 Å². The zero-order valence-corrected chi connectivity index (χ0v) is 9.59. The number of nitrogens with zero attached hydrogens (tertiary/aromatic N) is 3. The van der Waals surface area contributed by atoms with Crippen LogP contribution in [0.4, 0.5) is 5.69 Å². The highest BCUT2D eigenvalue weighted by Gasteiger charge is 2.02. The summed E-state index contributed by atoms with van der Waals surface area (Å²) in [5.74, 6) is 0.109. The van der Waals surface area contributed by atoms with Gasteiger partial charge in [-0.1, -0.05) is 0 Å². The Labute approximate surface area is 99.5 Å². The first-order valence-electron chi connectivity index (χ1n) is 4.11. The Kier molecular flexibility index (Phi) is 4.40. The van der Waals surface area contributed by atoms with Crippen LogP contribution in [0.2, 0.25) is 0 Å². The third-order valence-electron chi connectivity index (χ3n) is 1.59. The molecule has 8 heteroatoms. The number of hydrogen-bond donors (Lipinski definition) is 2. The predicted molar refractivity (Wildman–Crippen MR) is 64.4 cm³/mol. The van der Waals surface area contributed by atoms with Crippen molar-refractivity contribution in [1.82, 2.24) is 5.43 Å². The maximum Gasteiger partial charge on any atom is 0.269 e. The molecule has 1 rings (SSSR count). The number of nitro benzene ring substituents is 1. The molecule has 0 aliphatic heterocycles. The van der Waals surface area contributed by atoms with Gasteiger partial charge in [-0.25, -0.2) is 5.43 Å². The fourth-order valence-electron chi connectivity index (χ4n) is 0.874. The molecule has 0 amide bonds. The number of nitrogens with two attached hydrogens (primary N) is 1. The van der Waals surface area contributed by atoms with Gasteiger partial charge in [-0.05, 0) is 17.7 Å². The molecule has 1 aromatic rings. The van der Waals surface area contributed by atoms with Crippen LogP contribution in [-0.2, 0) is 0 Å². The second-order valence-corrected chi connectivity index (χ2v) is 3.04. The Bertz CT molecular complexity index is 429. The smallest absolute Gasteiger partial charge is 0.269 e. The summed E-state index contributed by atoms with van der Waals surface area (Å²) < 4.78 is 3.45. The SMILES string of the molecule is NC(=NBr)NN=Cc1ccc([N+](=O)[O-])cc1. The fourth-order valence-corrected chi connectivity index (χ4v) is 0.953. The van der Waals surface area contributed by atoms with Gasteiger partial charge in [0.25, 0.3) is 5.69 Å². The van der Waals surface area contributed by atoms with Crippen LogP contribution in [0.1, 0.15) is 5.56 Å². The van der Waals surface area contributed by atoms with Crippen molar-refractivity contribution in [2.24, 2.45) is 14.9 Å². The summed E-state index contributed by atoms with van der Waals surface area (Å²) in [5.41, 5.74) is 8.47. The second kappa shape index (κ2) is 5.81. The minimum absolute atomic E-state index is 0.0339. The lowest BCUT2D eigenvalue weighted by atomic mass is 10.2. The highest BCUT2D eigenvalue weighted by molar-refractivity contribution is 9.08. The van der Waals surface area contributed by atoms with E-state index in [0.717, 1.165) is 0 Å². The minimum Gasteiger partial charge on any atom is -0.368 e. The molecule has 0 spiro atoms. The van der Waals surface area contributed by atoms with Crippen molar-refractivity contribution in [1.29, 1.82) is 0 Å². The van der Waals surface area contributed by atoms with Gasteiger partial charge in [-0.3, -0.25) is 10.1 Å². The summed E-state index contributed by atoms with van der Waals surface area (Å²) in [6.45, 7) is 0. The van der Waals surface area contributed by atoms with E-state index in [1.807, 2.05) is 0 Å². The van der Waals surface area contributed by atoms with Crippen LogP contribution in [0.3, 0.4) is 0 Å². The summed E-state index contributed by atoms with van der Waals surface area (Å²) in [5, 5.41) is 14.1. The van der Waals surface area contributed by atoms with Gasteiger partial charge in [0.1, 0.15) is 0 Å². The van der Waals surface area contributed by atoms with Crippen molar-refractivity contribution in [3.63, 3.8) is 0 Å². The Balaban J connectivity index is 2.65. The Morgan fingerprint density at radius 2 is 2.12 bits per heavy atom. The van der Waals surface area contributed by atoms with Gasteiger partial charge in [0.2, 0.25) is 5.96 Å². The average molecular weight is 286 g/mol. The normalized spacial score (nSPS) is 11.7. The molecule has 0 radical (unpaired) electrons. The van der Waals surface area contributed by atoms with Crippen LogP contribution < -0.4 is 11.2 Å². The average Bonchev–Trinajstić information content (AvgIpc) is 2.29. The number of hydrogen-bond acceptors (Lipinski definition) is 4. The molecule has 0 saturated carbocycles. The first-order chi connectivity index (χ1) is 7.63. The molecule has 0 saturated heterocycles. The topological polar surface area (TPSA) is 106 Å². The van der Waals surface area contributed by atoms with Crippen molar-refractivity contribution in [2.45, 2.75) is 0 Å². The molecule has 0 aliphatic rings. The number of nitrogens with one attached hydrogen (secondary N) is 1. The van der Waals surface area contributed by atoms with E-state index in [1.165, 1.54) is 18.3 Å². The molecule has 0 fully saturated rings. The lowest BCUT2D eigenvalue weighted by molar-refractivity contribution is -0.384. The standard InChI is InChI=1S/C8H8BrN5O2/c9-12-8(10)13-11-5-6-1-3-7(4-2-6)14(15)16/h1-5H,(H3,10,12,13). The third-order valence-corrected chi connectivity index (χ3v) is 1.97. The summed E-state index contributed by atoms with van der Waals surface area (Å²) in [6, 6.07) is 5.93. The van der Waals surface area contributed by atoms with Crippen LogP contribution in [0, 0.1) is 10.1 Å². The largest absolute Gasteiger partial charge is 0.368 e. The Morgan fingerprint density at radius 1 is 1.50 bits per heavy atom. The molecule has 0 aliphatic carbocycles. The molecule has 0 atom stereocenters. The monoisotopic (exact) mass is 285 g/mol. The number of rotatable bonds is 3. The van der Waals surface area contributed by atoms with Crippen molar-refractivity contribution < 1.29 is 4.92 Å². The number of guanidine groups is 1. The molecule has 84 valence electrons. The molecule has 1 aromatic carbocycles. The lowest BCUT2D eigenvalue weighted by Crippen LogP contribution is -2.26. The van der Waals surface area contributed by atoms with Gasteiger partial charge in [0, 0.05) is 12.1 Å². The first kappa shape index (κ1) is 12.1. The number of hydrazone groups is 1. The number of nitro groups is 1. The van der Waals surface area contributed by atoms with Crippen LogP contribution in [-0.4, -0.2) is 17.1 Å². The molecule has 0 aromatic heterocycles. The van der Waals surface area contributed by atoms with Crippen LogP contribution in [0.15, 0.2) is 33.4 Å². The minimum atomic E-state index is -0.464. The summed E-state index contributed by atoms with van der Waals surface area (Å²) in [4.78, 5) is 9.91. The maximum absolute atomic E-state index is 10.4. The maximum atomic E-state index is 10.4. The van der Waals surface area contributed by atoms with E-state index in [0.29, 0.717) is 5.56 Å². The van der Waals surface area contributed by atoms with E-state index in [9.17, 15) is 10.1 Å². The molecule has 3 N–H and O–H groups in total. The van der Waals surface area contributed by atoms with E-state index in [2.05, 4.69) is 30.7 Å². The zero-order valence-electron chi connectivity index (χ0n) is 8.00. The highest BCUT2D eigenvalue weighted by atomic mass is 79.9. The third kappa shape index (κ3) is 3.65. The van der Waals surface area contributed by atoms with E-state index >= 15 is 0 Å². The fraction of sp³-hybridized carbons (Fsp3) is 0. The van der Waals surface area contributed by atoms with Gasteiger partial charge >= 0.3 is 0 Å². The van der Waals surface area contributed by atoms with Gasteiger partial charge in [-0.2, -0.15) is 9.12 Å². The van der Waals surface area contributed by atoms with Crippen molar-refractivity contribution >= 4 is 34.0 Å². The van der Waals surface area contributed by atoms with E-state index in [1.54, 1.807) is 12.1 Å². The Morgan fingerprint density at radius 3 is 2.62 bits per heavy atom. The van der Waals surface area contributed by atoms with Crippen LogP contribution >= 0.6 is 16.1 Å². The molecule has 16 heavy (non-hydrogen) atoms. The van der Waals surface area contributed by atoms with E-state index in [-0.39, 0.29) is 11.6 Å². The Hall–Kier alpha value is -1.96. The van der Waals surface area contributed by atoms with Crippen molar-refractivity contribution in [3.8, 4) is 0 Å². The quantitative estimate of drug-likeness (QED) is 0.376. The van der Waals surface area contributed by atoms with Gasteiger partial charge in [-0.15, -0.1) is 0 Å². The van der Waals surface area contributed by atoms with Gasteiger partial charge < -0.3 is 5.73 Å². The second-order valence-electron chi connectivity index (χ2n) is 2.69. The summed E-state index contributed by atoms with van der Waals surface area (Å²) >= 11 is 2.78. The summed E-state index contributed by atoms with van der Waals surface area (Å²) in [6.07, 6.45) is 1.47. The molecule has 7 nitrogen and oxygen atoms in total. The van der Waals surface area contributed by atoms with Crippen molar-refractivity contribution in [3.05, 3.63) is 39.9 Å². The number of benzene rings is 1. The molecule has 0 unspecified atom stereocenters.